The molecule has 0 bridgehead atoms. The van der Waals surface area contributed by atoms with E-state index in [9.17, 15) is 19.2 Å². The highest BCUT2D eigenvalue weighted by molar-refractivity contribution is 8.05. The van der Waals surface area contributed by atoms with Gasteiger partial charge in [-0.15, -0.1) is 0 Å². The Bertz CT molecular complexity index is 1050. The molecule has 2 aromatic carbocycles. The summed E-state index contributed by atoms with van der Waals surface area (Å²) in [6.07, 6.45) is 0.314. The lowest BCUT2D eigenvalue weighted by Crippen LogP contribution is -2.31. The number of carbonyl (C=O) groups excluding carboxylic acids is 2. The molecule has 0 saturated carbocycles. The fourth-order valence-corrected chi connectivity index (χ4v) is 4.45. The minimum Gasteiger partial charge on any atom is -0.354 e. The van der Waals surface area contributed by atoms with Gasteiger partial charge in [0.15, 0.2) is 0 Å². The molecular formula is C20H14Cl2FN3O2S. The SMILES string of the molecule is CNC(=O)/C(C#N)=C1\S[C@H](Cc2ccc(Cl)c(Cl)c2)C(=O)N1c1ccc(F)cc1. The zero-order chi connectivity index (χ0) is 21.1. The number of carbonyl (C=O) groups is 2. The smallest absolute Gasteiger partial charge is 0.264 e. The van der Waals surface area contributed by atoms with Gasteiger partial charge in [0.2, 0.25) is 5.91 Å². The number of nitriles is 1. The Morgan fingerprint density at radius 1 is 1.24 bits per heavy atom. The van der Waals surface area contributed by atoms with Gasteiger partial charge in [-0.05, 0) is 48.4 Å². The van der Waals surface area contributed by atoms with Crippen LogP contribution in [-0.4, -0.2) is 24.1 Å². The van der Waals surface area contributed by atoms with Crippen molar-refractivity contribution in [2.24, 2.45) is 0 Å². The maximum Gasteiger partial charge on any atom is 0.264 e. The second kappa shape index (κ2) is 8.87. The van der Waals surface area contributed by atoms with Crippen LogP contribution in [-0.2, 0) is 16.0 Å². The first-order valence-corrected chi connectivity index (χ1v) is 10.1. The van der Waals surface area contributed by atoms with Crippen LogP contribution < -0.4 is 10.2 Å². The summed E-state index contributed by atoms with van der Waals surface area (Å²) in [6.45, 7) is 0. The highest BCUT2D eigenvalue weighted by Gasteiger charge is 2.40. The lowest BCUT2D eigenvalue weighted by atomic mass is 10.1. The maximum atomic E-state index is 13.3. The summed E-state index contributed by atoms with van der Waals surface area (Å²) in [7, 11) is 1.40. The monoisotopic (exact) mass is 449 g/mol. The van der Waals surface area contributed by atoms with Crippen LogP contribution in [0.3, 0.4) is 0 Å². The van der Waals surface area contributed by atoms with Gasteiger partial charge in [-0.2, -0.15) is 5.26 Å². The standard InChI is InChI=1S/C20H14Cl2FN3O2S/c1-25-18(27)14(10-24)20-26(13-5-3-12(23)4-6-13)19(28)17(29-20)9-11-2-7-15(21)16(22)8-11/h2-8,17H,9H2,1H3,(H,25,27)/b20-14-/t17-/m1/s1. The number of hydrogen-bond donors (Lipinski definition) is 1. The molecule has 0 aromatic heterocycles. The first-order chi connectivity index (χ1) is 13.8. The zero-order valence-electron chi connectivity index (χ0n) is 15.1. The second-order valence-corrected chi connectivity index (χ2v) is 8.09. The van der Waals surface area contributed by atoms with Crippen LogP contribution >= 0.6 is 35.0 Å². The minimum atomic E-state index is -0.606. The van der Waals surface area contributed by atoms with E-state index in [1.165, 1.54) is 36.2 Å². The molecule has 0 radical (unpaired) electrons. The lowest BCUT2D eigenvalue weighted by Gasteiger charge is -2.18. The number of benzene rings is 2. The van der Waals surface area contributed by atoms with Crippen molar-refractivity contribution >= 4 is 52.5 Å². The summed E-state index contributed by atoms with van der Waals surface area (Å²) in [5, 5.41) is 12.3. The summed E-state index contributed by atoms with van der Waals surface area (Å²) in [6, 6.07) is 12.2. The second-order valence-electron chi connectivity index (χ2n) is 6.08. The third kappa shape index (κ3) is 4.40. The molecular weight excluding hydrogens is 436 g/mol. The van der Waals surface area contributed by atoms with Crippen LogP contribution in [0.25, 0.3) is 0 Å². The molecule has 1 fully saturated rings. The van der Waals surface area contributed by atoms with Gasteiger partial charge >= 0.3 is 0 Å². The van der Waals surface area contributed by atoms with Crippen LogP contribution in [0.2, 0.25) is 10.0 Å². The van der Waals surface area contributed by atoms with Gasteiger partial charge < -0.3 is 5.32 Å². The third-order valence-corrected chi connectivity index (χ3v) is 6.22. The van der Waals surface area contributed by atoms with Gasteiger partial charge in [-0.1, -0.05) is 41.0 Å². The van der Waals surface area contributed by atoms with Crippen molar-refractivity contribution in [2.75, 3.05) is 11.9 Å². The average Bonchev–Trinajstić information content (AvgIpc) is 3.01. The topological polar surface area (TPSA) is 73.2 Å². The van der Waals surface area contributed by atoms with Crippen molar-refractivity contribution in [2.45, 2.75) is 11.7 Å². The van der Waals surface area contributed by atoms with E-state index in [2.05, 4.69) is 5.32 Å². The Balaban J connectivity index is 2.03. The Kier molecular flexibility index (Phi) is 6.48. The molecule has 2 aromatic rings. The van der Waals surface area contributed by atoms with Crippen molar-refractivity contribution in [1.29, 1.82) is 5.26 Å². The predicted molar refractivity (Wildman–Crippen MR) is 112 cm³/mol. The average molecular weight is 450 g/mol. The summed E-state index contributed by atoms with van der Waals surface area (Å²) in [5.74, 6) is -1.39. The van der Waals surface area contributed by atoms with Gasteiger partial charge in [-0.25, -0.2) is 4.39 Å². The zero-order valence-corrected chi connectivity index (χ0v) is 17.4. The number of rotatable bonds is 4. The maximum absolute atomic E-state index is 13.3. The highest BCUT2D eigenvalue weighted by atomic mass is 35.5. The molecule has 0 spiro atoms. The number of amides is 2. The van der Waals surface area contributed by atoms with Gasteiger partial charge in [0.1, 0.15) is 22.5 Å². The number of likely N-dealkylation sites (N-methyl/N-ethyl adjacent to an activating group) is 1. The van der Waals surface area contributed by atoms with Crippen molar-refractivity contribution in [3.8, 4) is 6.07 Å². The predicted octanol–water partition coefficient (Wildman–Crippen LogP) is 4.30. The number of nitrogens with one attached hydrogen (secondary N) is 1. The summed E-state index contributed by atoms with van der Waals surface area (Å²) in [5.41, 5.74) is 0.961. The van der Waals surface area contributed by atoms with Crippen LogP contribution in [0.5, 0.6) is 0 Å². The Morgan fingerprint density at radius 2 is 1.93 bits per heavy atom. The minimum absolute atomic E-state index is 0.188. The van der Waals surface area contributed by atoms with Gasteiger partial charge in [-0.3, -0.25) is 14.5 Å². The van der Waals surface area contributed by atoms with Crippen LogP contribution in [0.4, 0.5) is 10.1 Å². The Morgan fingerprint density at radius 3 is 2.52 bits per heavy atom. The third-order valence-electron chi connectivity index (χ3n) is 4.22. The van der Waals surface area contributed by atoms with E-state index in [-0.39, 0.29) is 16.5 Å². The van der Waals surface area contributed by atoms with E-state index in [1.54, 1.807) is 18.2 Å². The Labute approximate surface area is 181 Å². The van der Waals surface area contributed by atoms with Crippen molar-refractivity contribution in [1.82, 2.24) is 5.32 Å². The van der Waals surface area contributed by atoms with Crippen molar-refractivity contribution in [3.63, 3.8) is 0 Å². The summed E-state index contributed by atoms with van der Waals surface area (Å²) >= 11 is 13.1. The molecule has 29 heavy (non-hydrogen) atoms. The van der Waals surface area contributed by atoms with E-state index < -0.39 is 17.0 Å². The molecule has 1 N–H and O–H groups in total. The van der Waals surface area contributed by atoms with E-state index >= 15 is 0 Å². The number of nitrogens with zero attached hydrogens (tertiary/aromatic N) is 2. The first kappa shape index (κ1) is 21.2. The normalized spacial score (nSPS) is 17.8. The lowest BCUT2D eigenvalue weighted by molar-refractivity contribution is -0.117. The van der Waals surface area contributed by atoms with Gasteiger partial charge in [0.25, 0.3) is 5.91 Å². The number of thioether (sulfide) groups is 1. The van der Waals surface area contributed by atoms with E-state index in [0.717, 1.165) is 17.3 Å². The number of halogens is 3. The first-order valence-electron chi connectivity index (χ1n) is 8.42. The largest absolute Gasteiger partial charge is 0.354 e. The van der Waals surface area contributed by atoms with Crippen molar-refractivity contribution < 1.29 is 14.0 Å². The van der Waals surface area contributed by atoms with E-state index in [4.69, 9.17) is 23.2 Å². The van der Waals surface area contributed by atoms with Crippen LogP contribution in [0.1, 0.15) is 5.56 Å². The molecule has 2 amide bonds. The fourth-order valence-electron chi connectivity index (χ4n) is 2.82. The van der Waals surface area contributed by atoms with Crippen LogP contribution in [0, 0.1) is 17.1 Å². The molecule has 1 atom stereocenters. The molecule has 3 rings (SSSR count). The van der Waals surface area contributed by atoms with Crippen molar-refractivity contribution in [3.05, 3.63) is 74.5 Å². The summed E-state index contributed by atoms with van der Waals surface area (Å²) < 4.78 is 13.3. The highest BCUT2D eigenvalue weighted by Crippen LogP contribution is 2.42. The van der Waals surface area contributed by atoms with Gasteiger partial charge in [0, 0.05) is 12.7 Å². The quantitative estimate of drug-likeness (QED) is 0.557. The number of anilines is 1. The molecule has 1 heterocycles. The molecule has 0 unspecified atom stereocenters. The molecule has 1 aliphatic heterocycles. The number of hydrogen-bond acceptors (Lipinski definition) is 4. The van der Waals surface area contributed by atoms with Gasteiger partial charge in [0.05, 0.1) is 15.3 Å². The molecule has 9 heteroatoms. The molecule has 5 nitrogen and oxygen atoms in total. The van der Waals surface area contributed by atoms with E-state index in [1.807, 2.05) is 6.07 Å². The fraction of sp³-hybridized carbons (Fsp3) is 0.150. The summed E-state index contributed by atoms with van der Waals surface area (Å²) in [4.78, 5) is 26.6. The van der Waals surface area contributed by atoms with Crippen LogP contribution in [0.15, 0.2) is 53.1 Å². The molecule has 0 aliphatic carbocycles. The van der Waals surface area contributed by atoms with E-state index in [0.29, 0.717) is 22.2 Å². The molecule has 148 valence electrons. The Hall–Kier alpha value is -2.53. The molecule has 1 aliphatic rings. The molecule has 1 saturated heterocycles.